The quantitative estimate of drug-likeness (QED) is 0.501. The number of nitrogens with zero attached hydrogens (tertiary/aromatic N) is 3. The molecule has 1 aliphatic heterocycles. The summed E-state index contributed by atoms with van der Waals surface area (Å²) in [5, 5.41) is 9.63. The van der Waals surface area contributed by atoms with Crippen molar-refractivity contribution >= 4 is 39.4 Å². The third kappa shape index (κ3) is 5.15. The van der Waals surface area contributed by atoms with Crippen LogP contribution >= 0.6 is 12.4 Å². The number of fused-ring (bicyclic) bond motifs is 1. The second-order valence-electron chi connectivity index (χ2n) is 7.95. The fraction of sp³-hybridized carbons (Fsp3) is 0.304. The molecule has 3 N–H and O–H groups in total. The molecule has 0 aliphatic carbocycles. The van der Waals surface area contributed by atoms with E-state index in [0.29, 0.717) is 35.2 Å². The first-order valence-corrected chi connectivity index (χ1v) is 12.1. The molecule has 1 aromatic heterocycles. The number of hydrogen-bond acceptors (Lipinski definition) is 5. The van der Waals surface area contributed by atoms with Crippen LogP contribution in [-0.4, -0.2) is 53.0 Å². The average molecular weight is 509 g/mol. The molecule has 0 spiro atoms. The molecule has 34 heavy (non-hydrogen) atoms. The van der Waals surface area contributed by atoms with Crippen LogP contribution in [0.4, 0.5) is 4.39 Å². The molecule has 182 valence electrons. The number of hydrogen-bond donors (Lipinski definition) is 2. The monoisotopic (exact) mass is 508 g/mol. The number of halogens is 2. The molecule has 0 atom stereocenters. The van der Waals surface area contributed by atoms with Gasteiger partial charge in [0.15, 0.2) is 0 Å². The number of imidazole rings is 1. The van der Waals surface area contributed by atoms with Gasteiger partial charge in [0, 0.05) is 25.2 Å². The summed E-state index contributed by atoms with van der Waals surface area (Å²) < 4.78 is 43.4. The normalized spacial score (nSPS) is 15.3. The molecule has 2 aromatic carbocycles. The molecule has 0 bridgehead atoms. The SMILES string of the molecule is Cl.NCC=C(F)Cn1cnc2c(-c3cccc(S(=O)(=O)N4CCCCC4)c3)cc(C(=O)O)cc21. The highest BCUT2D eigenvalue weighted by atomic mass is 35.5. The van der Waals surface area contributed by atoms with E-state index in [9.17, 15) is 22.7 Å². The van der Waals surface area contributed by atoms with Gasteiger partial charge in [0.25, 0.3) is 0 Å². The van der Waals surface area contributed by atoms with Crippen LogP contribution in [-0.2, 0) is 16.6 Å². The Morgan fingerprint density at radius 3 is 2.59 bits per heavy atom. The first kappa shape index (κ1) is 25.8. The predicted molar refractivity (Wildman–Crippen MR) is 130 cm³/mol. The lowest BCUT2D eigenvalue weighted by atomic mass is 10.0. The van der Waals surface area contributed by atoms with Crippen LogP contribution in [0.3, 0.4) is 0 Å². The van der Waals surface area contributed by atoms with E-state index >= 15 is 0 Å². The Hall–Kier alpha value is -2.79. The zero-order chi connectivity index (χ0) is 23.6. The van der Waals surface area contributed by atoms with Crippen LogP contribution in [0.2, 0.25) is 0 Å². The second-order valence-corrected chi connectivity index (χ2v) is 9.89. The highest BCUT2D eigenvalue weighted by molar-refractivity contribution is 7.89. The minimum Gasteiger partial charge on any atom is -0.478 e. The summed E-state index contributed by atoms with van der Waals surface area (Å²) in [5.41, 5.74) is 7.22. The third-order valence-corrected chi connectivity index (χ3v) is 7.63. The van der Waals surface area contributed by atoms with Gasteiger partial charge in [0.1, 0.15) is 5.83 Å². The number of nitrogens with two attached hydrogens (primary N) is 1. The van der Waals surface area contributed by atoms with Gasteiger partial charge in [-0.2, -0.15) is 4.31 Å². The fourth-order valence-corrected chi connectivity index (χ4v) is 5.63. The maximum atomic E-state index is 14.1. The third-order valence-electron chi connectivity index (χ3n) is 5.73. The standard InChI is InChI=1S/C23H25FN4O4S.ClH/c24-18(7-8-25)14-27-15-26-22-20(12-17(23(29)30)13-21(22)27)16-5-4-6-19(11-16)33(31,32)28-9-2-1-3-10-28;/h4-7,11-13,15H,1-3,8-10,14,25H2,(H,29,30);1H. The lowest BCUT2D eigenvalue weighted by Crippen LogP contribution is -2.35. The largest absolute Gasteiger partial charge is 0.478 e. The van der Waals surface area contributed by atoms with Crippen LogP contribution in [0, 0.1) is 0 Å². The molecule has 4 rings (SSSR count). The summed E-state index contributed by atoms with van der Waals surface area (Å²) >= 11 is 0. The van der Waals surface area contributed by atoms with Gasteiger partial charge in [-0.1, -0.05) is 18.6 Å². The van der Waals surface area contributed by atoms with Crippen LogP contribution in [0.5, 0.6) is 0 Å². The molecule has 8 nitrogen and oxygen atoms in total. The number of carbonyl (C=O) groups is 1. The van der Waals surface area contributed by atoms with Crippen molar-refractivity contribution in [2.24, 2.45) is 5.73 Å². The van der Waals surface area contributed by atoms with Crippen LogP contribution in [0.1, 0.15) is 29.6 Å². The van der Waals surface area contributed by atoms with Crippen molar-refractivity contribution in [3.63, 3.8) is 0 Å². The zero-order valence-corrected chi connectivity index (χ0v) is 20.0. The molecule has 1 aliphatic rings. The Bertz CT molecular complexity index is 1330. The Labute approximate surface area is 203 Å². The molecule has 3 aromatic rings. The number of aromatic nitrogens is 2. The zero-order valence-electron chi connectivity index (χ0n) is 18.4. The minimum absolute atomic E-state index is 0. The van der Waals surface area contributed by atoms with Gasteiger partial charge in [-0.15, -0.1) is 12.4 Å². The molecule has 0 amide bonds. The Morgan fingerprint density at radius 1 is 1.18 bits per heavy atom. The van der Waals surface area contributed by atoms with Crippen molar-refractivity contribution in [1.29, 1.82) is 0 Å². The smallest absolute Gasteiger partial charge is 0.335 e. The van der Waals surface area contributed by atoms with Crippen molar-refractivity contribution < 1.29 is 22.7 Å². The van der Waals surface area contributed by atoms with Crippen molar-refractivity contribution in [2.45, 2.75) is 30.7 Å². The van der Waals surface area contributed by atoms with E-state index < -0.39 is 21.8 Å². The molecule has 0 saturated carbocycles. The van der Waals surface area contributed by atoms with Crippen molar-refractivity contribution in [3.8, 4) is 11.1 Å². The molecule has 11 heteroatoms. The molecule has 1 fully saturated rings. The van der Waals surface area contributed by atoms with E-state index in [1.165, 1.54) is 45.5 Å². The van der Waals surface area contributed by atoms with Gasteiger partial charge >= 0.3 is 5.97 Å². The van der Waals surface area contributed by atoms with E-state index in [2.05, 4.69) is 4.98 Å². The van der Waals surface area contributed by atoms with Gasteiger partial charge in [0.05, 0.1) is 34.4 Å². The number of benzene rings is 2. The average Bonchev–Trinajstić information content (AvgIpc) is 3.21. The van der Waals surface area contributed by atoms with Crippen molar-refractivity contribution in [1.82, 2.24) is 13.9 Å². The number of carboxylic acids is 1. The molecule has 0 radical (unpaired) electrons. The summed E-state index contributed by atoms with van der Waals surface area (Å²) in [5.74, 6) is -1.62. The number of sulfonamides is 1. The number of piperidine rings is 1. The number of aromatic carboxylic acids is 1. The van der Waals surface area contributed by atoms with Gasteiger partial charge < -0.3 is 15.4 Å². The lowest BCUT2D eigenvalue weighted by Gasteiger charge is -2.26. The molecular weight excluding hydrogens is 483 g/mol. The topological polar surface area (TPSA) is 119 Å². The number of carboxylic acid groups (broad SMARTS) is 1. The van der Waals surface area contributed by atoms with Crippen LogP contribution in [0.15, 0.2) is 59.5 Å². The Kier molecular flexibility index (Phi) is 8.09. The summed E-state index contributed by atoms with van der Waals surface area (Å²) in [6, 6.07) is 9.31. The number of rotatable bonds is 7. The molecule has 1 saturated heterocycles. The van der Waals surface area contributed by atoms with Crippen molar-refractivity contribution in [2.75, 3.05) is 19.6 Å². The van der Waals surface area contributed by atoms with Crippen molar-refractivity contribution in [3.05, 3.63) is 60.2 Å². The maximum Gasteiger partial charge on any atom is 0.335 e. The molecule has 0 unspecified atom stereocenters. The Morgan fingerprint density at radius 2 is 1.91 bits per heavy atom. The molecule has 2 heterocycles. The summed E-state index contributed by atoms with van der Waals surface area (Å²) in [4.78, 5) is 16.3. The number of allylic oxidation sites excluding steroid dienone is 1. The first-order valence-electron chi connectivity index (χ1n) is 10.7. The lowest BCUT2D eigenvalue weighted by molar-refractivity contribution is 0.0697. The predicted octanol–water partition coefficient (Wildman–Crippen LogP) is 3.81. The second kappa shape index (κ2) is 10.6. The highest BCUT2D eigenvalue weighted by Crippen LogP contribution is 2.32. The van der Waals surface area contributed by atoms with Gasteiger partial charge in [-0.05, 0) is 48.7 Å². The van der Waals surface area contributed by atoms with Gasteiger partial charge in [-0.25, -0.2) is 22.6 Å². The summed E-state index contributed by atoms with van der Waals surface area (Å²) in [6.45, 7) is 0.872. The van der Waals surface area contributed by atoms with E-state index in [1.807, 2.05) is 0 Å². The van der Waals surface area contributed by atoms with E-state index in [4.69, 9.17) is 5.73 Å². The summed E-state index contributed by atoms with van der Waals surface area (Å²) in [6.07, 6.45) is 5.33. The Balaban J connectivity index is 0.00000324. The van der Waals surface area contributed by atoms with E-state index in [-0.39, 0.29) is 36.0 Å². The van der Waals surface area contributed by atoms with Crippen LogP contribution in [0.25, 0.3) is 22.2 Å². The maximum absolute atomic E-state index is 14.1. The first-order chi connectivity index (χ1) is 15.8. The van der Waals surface area contributed by atoms with Gasteiger partial charge in [0.2, 0.25) is 10.0 Å². The van der Waals surface area contributed by atoms with Gasteiger partial charge in [-0.3, -0.25) is 0 Å². The van der Waals surface area contributed by atoms with Crippen LogP contribution < -0.4 is 5.73 Å². The fourth-order valence-electron chi connectivity index (χ4n) is 4.07. The highest BCUT2D eigenvalue weighted by Gasteiger charge is 2.26. The minimum atomic E-state index is -3.67. The summed E-state index contributed by atoms with van der Waals surface area (Å²) in [7, 11) is -3.67. The molecular formula is C23H26ClFN4O4S. The van der Waals surface area contributed by atoms with E-state index in [0.717, 1.165) is 19.3 Å². The van der Waals surface area contributed by atoms with E-state index in [1.54, 1.807) is 12.1 Å².